The van der Waals surface area contributed by atoms with E-state index in [9.17, 15) is 8.42 Å². The van der Waals surface area contributed by atoms with Gasteiger partial charge in [-0.15, -0.1) is 0 Å². The Balaban J connectivity index is 2.29. The van der Waals surface area contributed by atoms with Gasteiger partial charge in [0.25, 0.3) is 0 Å². The first kappa shape index (κ1) is 15.2. The molecule has 0 aliphatic carbocycles. The zero-order valence-electron chi connectivity index (χ0n) is 11.8. The van der Waals surface area contributed by atoms with Crippen molar-refractivity contribution < 1.29 is 13.2 Å². The number of aryl methyl sites for hydroxylation is 2. The van der Waals surface area contributed by atoms with Crippen molar-refractivity contribution in [2.75, 3.05) is 18.6 Å². The van der Waals surface area contributed by atoms with E-state index in [2.05, 4.69) is 10.1 Å². The highest BCUT2D eigenvalue weighted by Crippen LogP contribution is 2.24. The second-order valence-electron chi connectivity index (χ2n) is 5.09. The van der Waals surface area contributed by atoms with Gasteiger partial charge in [0.1, 0.15) is 0 Å². The number of nitrogen functional groups attached to an aromatic ring is 1. The van der Waals surface area contributed by atoms with Gasteiger partial charge in [0.05, 0.1) is 4.90 Å². The molecule has 0 bridgehead atoms. The highest BCUT2D eigenvalue weighted by Gasteiger charge is 2.25. The molecule has 1 heterocycles. The van der Waals surface area contributed by atoms with Gasteiger partial charge in [-0.3, -0.25) is 5.84 Å². The van der Waals surface area contributed by atoms with Gasteiger partial charge in [-0.2, -0.15) is 0 Å². The van der Waals surface area contributed by atoms with Crippen molar-refractivity contribution >= 4 is 15.7 Å². The average Bonchev–Trinajstić information content (AvgIpc) is 2.37. The Morgan fingerprint density at radius 3 is 2.25 bits per heavy atom. The van der Waals surface area contributed by atoms with Crippen LogP contribution in [-0.2, 0) is 14.8 Å². The molecule has 1 aromatic rings. The zero-order valence-corrected chi connectivity index (χ0v) is 12.6. The van der Waals surface area contributed by atoms with E-state index < -0.39 is 10.0 Å². The first-order chi connectivity index (χ1) is 9.44. The molecule has 112 valence electrons. The van der Waals surface area contributed by atoms with Crippen LogP contribution < -0.4 is 16.0 Å². The Hall–Kier alpha value is -1.15. The Morgan fingerprint density at radius 2 is 1.75 bits per heavy atom. The second kappa shape index (κ2) is 6.09. The number of nitrogens with two attached hydrogens (primary N) is 1. The maximum atomic E-state index is 12.5. The topological polar surface area (TPSA) is 93.5 Å². The predicted octanol–water partition coefficient (Wildman–Crippen LogP) is 1.05. The maximum Gasteiger partial charge on any atom is 0.241 e. The van der Waals surface area contributed by atoms with Gasteiger partial charge in [-0.1, -0.05) is 0 Å². The fourth-order valence-electron chi connectivity index (χ4n) is 2.55. The molecule has 0 saturated carbocycles. The van der Waals surface area contributed by atoms with Crippen molar-refractivity contribution in [2.45, 2.75) is 37.6 Å². The van der Waals surface area contributed by atoms with E-state index in [1.165, 1.54) is 0 Å². The SMILES string of the molecule is Cc1cc(NN)cc(C)c1S(=O)(=O)NC1CCOCC1. The van der Waals surface area contributed by atoms with Crippen molar-refractivity contribution in [2.24, 2.45) is 5.84 Å². The number of rotatable bonds is 4. The minimum atomic E-state index is -3.52. The van der Waals surface area contributed by atoms with Gasteiger partial charge >= 0.3 is 0 Å². The van der Waals surface area contributed by atoms with Crippen molar-refractivity contribution in [1.82, 2.24) is 4.72 Å². The van der Waals surface area contributed by atoms with E-state index in [-0.39, 0.29) is 6.04 Å². The second-order valence-corrected chi connectivity index (χ2v) is 6.74. The van der Waals surface area contributed by atoms with Gasteiger partial charge < -0.3 is 10.2 Å². The van der Waals surface area contributed by atoms with Gasteiger partial charge in [-0.25, -0.2) is 13.1 Å². The Morgan fingerprint density at radius 1 is 1.20 bits per heavy atom. The van der Waals surface area contributed by atoms with Crippen molar-refractivity contribution in [1.29, 1.82) is 0 Å². The van der Waals surface area contributed by atoms with Crippen LogP contribution in [0, 0.1) is 13.8 Å². The summed E-state index contributed by atoms with van der Waals surface area (Å²) in [5, 5.41) is 0. The van der Waals surface area contributed by atoms with Crippen molar-refractivity contribution in [3.8, 4) is 0 Å². The van der Waals surface area contributed by atoms with E-state index in [4.69, 9.17) is 10.6 Å². The molecule has 20 heavy (non-hydrogen) atoms. The lowest BCUT2D eigenvalue weighted by Gasteiger charge is -2.24. The molecule has 0 atom stereocenters. The Labute approximate surface area is 119 Å². The normalized spacial score (nSPS) is 17.1. The maximum absolute atomic E-state index is 12.5. The van der Waals surface area contributed by atoms with Gasteiger partial charge in [0.2, 0.25) is 10.0 Å². The first-order valence-corrected chi connectivity index (χ1v) is 8.10. The molecule has 7 heteroatoms. The third-order valence-corrected chi connectivity index (χ3v) is 5.26. The van der Waals surface area contributed by atoms with Crippen LogP contribution in [-0.4, -0.2) is 27.7 Å². The molecule has 0 radical (unpaired) electrons. The van der Waals surface area contributed by atoms with Crippen LogP contribution >= 0.6 is 0 Å². The number of nitrogens with one attached hydrogen (secondary N) is 2. The third-order valence-electron chi connectivity index (χ3n) is 3.44. The lowest BCUT2D eigenvalue weighted by atomic mass is 10.1. The number of benzene rings is 1. The summed E-state index contributed by atoms with van der Waals surface area (Å²) in [6, 6.07) is 3.40. The molecule has 0 aromatic heterocycles. The smallest absolute Gasteiger partial charge is 0.241 e. The van der Waals surface area contributed by atoms with Crippen LogP contribution in [0.2, 0.25) is 0 Å². The van der Waals surface area contributed by atoms with E-state index in [0.717, 1.165) is 0 Å². The summed E-state index contributed by atoms with van der Waals surface area (Å²) in [5.74, 6) is 5.37. The first-order valence-electron chi connectivity index (χ1n) is 6.62. The molecular formula is C13H21N3O3S. The number of sulfonamides is 1. The number of hydrogen-bond acceptors (Lipinski definition) is 5. The molecule has 0 spiro atoms. The molecular weight excluding hydrogens is 278 g/mol. The van der Waals surface area contributed by atoms with Crippen LogP contribution in [0.4, 0.5) is 5.69 Å². The summed E-state index contributed by atoms with van der Waals surface area (Å²) in [4.78, 5) is 0.336. The number of anilines is 1. The van der Waals surface area contributed by atoms with Crippen LogP contribution in [0.3, 0.4) is 0 Å². The summed E-state index contributed by atoms with van der Waals surface area (Å²) in [5.41, 5.74) is 4.59. The number of ether oxygens (including phenoxy) is 1. The monoisotopic (exact) mass is 299 g/mol. The molecule has 1 fully saturated rings. The molecule has 0 amide bonds. The number of hydrazine groups is 1. The summed E-state index contributed by atoms with van der Waals surface area (Å²) < 4.78 is 33.1. The molecule has 6 nitrogen and oxygen atoms in total. The molecule has 2 rings (SSSR count). The number of hydrogen-bond donors (Lipinski definition) is 3. The van der Waals surface area contributed by atoms with E-state index >= 15 is 0 Å². The molecule has 4 N–H and O–H groups in total. The van der Waals surface area contributed by atoms with E-state index in [1.54, 1.807) is 26.0 Å². The molecule has 1 aromatic carbocycles. The van der Waals surface area contributed by atoms with Crippen LogP contribution in [0.5, 0.6) is 0 Å². The fraction of sp³-hybridized carbons (Fsp3) is 0.538. The fourth-order valence-corrected chi connectivity index (χ4v) is 4.31. The summed E-state index contributed by atoms with van der Waals surface area (Å²) >= 11 is 0. The van der Waals surface area contributed by atoms with Gasteiger partial charge in [0.15, 0.2) is 0 Å². The Bertz CT molecular complexity index is 558. The summed E-state index contributed by atoms with van der Waals surface area (Å²) in [6.07, 6.45) is 1.42. The standard InChI is InChI=1S/C13H21N3O3S/c1-9-7-12(15-14)8-10(2)13(9)20(17,18)16-11-3-5-19-6-4-11/h7-8,11,15-16H,3-6,14H2,1-2H3. The Kier molecular flexibility index (Phi) is 4.64. The van der Waals surface area contributed by atoms with E-state index in [0.29, 0.717) is 47.8 Å². The predicted molar refractivity (Wildman–Crippen MR) is 77.9 cm³/mol. The summed E-state index contributed by atoms with van der Waals surface area (Å²) in [7, 11) is -3.52. The van der Waals surface area contributed by atoms with Crippen LogP contribution in [0.1, 0.15) is 24.0 Å². The van der Waals surface area contributed by atoms with Crippen molar-refractivity contribution in [3.63, 3.8) is 0 Å². The largest absolute Gasteiger partial charge is 0.381 e. The zero-order chi connectivity index (χ0) is 14.8. The van der Waals surface area contributed by atoms with Crippen LogP contribution in [0.25, 0.3) is 0 Å². The minimum absolute atomic E-state index is 0.0557. The third kappa shape index (κ3) is 3.29. The van der Waals surface area contributed by atoms with E-state index in [1.807, 2.05) is 0 Å². The van der Waals surface area contributed by atoms with Crippen molar-refractivity contribution in [3.05, 3.63) is 23.3 Å². The lowest BCUT2D eigenvalue weighted by Crippen LogP contribution is -2.39. The van der Waals surface area contributed by atoms with Gasteiger partial charge in [-0.05, 0) is 49.9 Å². The molecule has 1 aliphatic rings. The molecule has 1 aliphatic heterocycles. The summed E-state index contributed by atoms with van der Waals surface area (Å²) in [6.45, 7) is 4.74. The highest BCUT2D eigenvalue weighted by atomic mass is 32.2. The average molecular weight is 299 g/mol. The quantitative estimate of drug-likeness (QED) is 0.571. The minimum Gasteiger partial charge on any atom is -0.381 e. The van der Waals surface area contributed by atoms with Gasteiger partial charge in [0, 0.05) is 24.9 Å². The molecule has 1 saturated heterocycles. The lowest BCUT2D eigenvalue weighted by molar-refractivity contribution is 0.0832. The highest BCUT2D eigenvalue weighted by molar-refractivity contribution is 7.89. The van der Waals surface area contributed by atoms with Crippen LogP contribution in [0.15, 0.2) is 17.0 Å². The molecule has 0 unspecified atom stereocenters.